The highest BCUT2D eigenvalue weighted by atomic mass is 35.5. The van der Waals surface area contributed by atoms with E-state index >= 15 is 0 Å². The minimum Gasteiger partial charge on any atom is -0.395 e. The Morgan fingerprint density at radius 2 is 1.92 bits per heavy atom. The molecule has 0 amide bonds. The summed E-state index contributed by atoms with van der Waals surface area (Å²) >= 11 is 5.79. The second-order valence-corrected chi connectivity index (χ2v) is 3.03. The fourth-order valence-corrected chi connectivity index (χ4v) is 1.18. The maximum absolute atomic E-state index is 8.59. The first-order valence-corrected chi connectivity index (χ1v) is 4.22. The summed E-state index contributed by atoms with van der Waals surface area (Å²) in [5.41, 5.74) is 1.15. The molecule has 0 fully saturated rings. The number of benzene rings is 1. The van der Waals surface area contributed by atoms with E-state index in [1.165, 1.54) is 0 Å². The van der Waals surface area contributed by atoms with Crippen LogP contribution in [0.25, 0.3) is 0 Å². The van der Waals surface area contributed by atoms with Gasteiger partial charge in [-0.1, -0.05) is 30.3 Å². The molecule has 1 rings (SSSR count). The molecule has 0 aliphatic rings. The van der Waals surface area contributed by atoms with Gasteiger partial charge >= 0.3 is 0 Å². The molecule has 0 spiro atoms. The van der Waals surface area contributed by atoms with Gasteiger partial charge in [0.05, 0.1) is 6.61 Å². The van der Waals surface area contributed by atoms with Crippen molar-refractivity contribution in [3.63, 3.8) is 0 Å². The molecule has 1 aromatic carbocycles. The van der Waals surface area contributed by atoms with Crippen molar-refractivity contribution in [2.45, 2.75) is 6.54 Å². The molecule has 0 aliphatic heterocycles. The van der Waals surface area contributed by atoms with Crippen LogP contribution in [0.4, 0.5) is 0 Å². The van der Waals surface area contributed by atoms with Crippen LogP contribution in [0.3, 0.4) is 0 Å². The van der Waals surface area contributed by atoms with Crippen LogP contribution in [0.15, 0.2) is 30.3 Å². The van der Waals surface area contributed by atoms with Gasteiger partial charge in [0.15, 0.2) is 0 Å². The maximum atomic E-state index is 8.59. The van der Waals surface area contributed by atoms with Gasteiger partial charge in [-0.05, 0) is 17.3 Å². The minimum absolute atomic E-state index is 0.0936. The highest BCUT2D eigenvalue weighted by Gasteiger charge is 1.99. The zero-order valence-corrected chi connectivity index (χ0v) is 7.54. The average Bonchev–Trinajstić information content (AvgIpc) is 2.06. The van der Waals surface area contributed by atoms with Crippen molar-refractivity contribution in [1.82, 2.24) is 4.42 Å². The van der Waals surface area contributed by atoms with Crippen molar-refractivity contribution < 1.29 is 5.11 Å². The third-order valence-corrected chi connectivity index (χ3v) is 1.83. The normalized spacial score (nSPS) is 10.6. The molecule has 0 aromatic heterocycles. The summed E-state index contributed by atoms with van der Waals surface area (Å²) in [5.74, 6) is 0. The summed E-state index contributed by atoms with van der Waals surface area (Å²) in [7, 11) is 0. The summed E-state index contributed by atoms with van der Waals surface area (Å²) in [6, 6.07) is 9.92. The van der Waals surface area contributed by atoms with Crippen LogP contribution < -0.4 is 0 Å². The van der Waals surface area contributed by atoms with E-state index < -0.39 is 0 Å². The number of aliphatic hydroxyl groups is 1. The van der Waals surface area contributed by atoms with Gasteiger partial charge in [0, 0.05) is 13.1 Å². The van der Waals surface area contributed by atoms with Gasteiger partial charge in [-0.15, -0.1) is 0 Å². The molecule has 1 N–H and O–H groups in total. The Balaban J connectivity index is 2.41. The first-order valence-electron chi connectivity index (χ1n) is 3.88. The Bertz CT molecular complexity index is 215. The first kappa shape index (κ1) is 9.52. The molecule has 12 heavy (non-hydrogen) atoms. The summed E-state index contributed by atoms with van der Waals surface area (Å²) in [6.07, 6.45) is 0. The Hall–Kier alpha value is -0.570. The number of nitrogens with zero attached hydrogens (tertiary/aromatic N) is 1. The van der Waals surface area contributed by atoms with Crippen LogP contribution in [-0.2, 0) is 6.54 Å². The van der Waals surface area contributed by atoms with Gasteiger partial charge < -0.3 is 5.11 Å². The monoisotopic (exact) mass is 185 g/mol. The van der Waals surface area contributed by atoms with Crippen LogP contribution in [-0.4, -0.2) is 22.7 Å². The van der Waals surface area contributed by atoms with E-state index in [-0.39, 0.29) is 6.61 Å². The number of halogens is 1. The third-order valence-electron chi connectivity index (χ3n) is 1.54. The molecule has 2 nitrogen and oxygen atoms in total. The lowest BCUT2D eigenvalue weighted by Gasteiger charge is -2.11. The Kier molecular flexibility index (Phi) is 4.08. The smallest absolute Gasteiger partial charge is 0.0571 e. The van der Waals surface area contributed by atoms with E-state index in [9.17, 15) is 0 Å². The highest BCUT2D eigenvalue weighted by molar-refractivity contribution is 6.13. The standard InChI is InChI=1S/C9H12ClNO/c10-11(6-7-12)8-9-4-2-1-3-5-9/h1-5,12H,6-8H2. The van der Waals surface area contributed by atoms with Gasteiger partial charge in [0.25, 0.3) is 0 Å². The molecule has 0 unspecified atom stereocenters. The zero-order chi connectivity index (χ0) is 8.81. The predicted molar refractivity (Wildman–Crippen MR) is 49.8 cm³/mol. The molecule has 1 aromatic rings. The van der Waals surface area contributed by atoms with Gasteiger partial charge in [0.1, 0.15) is 0 Å². The lowest BCUT2D eigenvalue weighted by Crippen LogP contribution is -2.15. The van der Waals surface area contributed by atoms with E-state index in [0.717, 1.165) is 5.56 Å². The molecule has 0 saturated heterocycles. The number of hydrogen-bond acceptors (Lipinski definition) is 2. The van der Waals surface area contributed by atoms with E-state index in [4.69, 9.17) is 16.9 Å². The molecular weight excluding hydrogens is 174 g/mol. The quantitative estimate of drug-likeness (QED) is 0.721. The molecule has 0 aliphatic carbocycles. The third kappa shape index (κ3) is 3.22. The Labute approximate surface area is 77.5 Å². The van der Waals surface area contributed by atoms with Gasteiger partial charge in [-0.3, -0.25) is 0 Å². The predicted octanol–water partition coefficient (Wildman–Crippen LogP) is 1.63. The van der Waals surface area contributed by atoms with Crippen molar-refractivity contribution >= 4 is 11.8 Å². The molecule has 0 heterocycles. The molecule has 0 atom stereocenters. The van der Waals surface area contributed by atoms with Crippen LogP contribution in [0.2, 0.25) is 0 Å². The van der Waals surface area contributed by atoms with Gasteiger partial charge in [0.2, 0.25) is 0 Å². The lowest BCUT2D eigenvalue weighted by molar-refractivity contribution is 0.256. The molecule has 0 bridgehead atoms. The van der Waals surface area contributed by atoms with Gasteiger partial charge in [-0.25, -0.2) is 4.42 Å². The number of aliphatic hydroxyl groups excluding tert-OH is 1. The maximum Gasteiger partial charge on any atom is 0.0571 e. The number of hydrogen-bond donors (Lipinski definition) is 1. The van der Waals surface area contributed by atoms with E-state index in [2.05, 4.69) is 0 Å². The van der Waals surface area contributed by atoms with Crippen molar-refractivity contribution in [3.05, 3.63) is 35.9 Å². The van der Waals surface area contributed by atoms with Crippen molar-refractivity contribution in [2.75, 3.05) is 13.2 Å². The zero-order valence-electron chi connectivity index (χ0n) is 6.78. The second kappa shape index (κ2) is 5.14. The molecule has 0 saturated carbocycles. The Morgan fingerprint density at radius 3 is 2.50 bits per heavy atom. The van der Waals surface area contributed by atoms with E-state index in [0.29, 0.717) is 13.1 Å². The minimum atomic E-state index is 0.0936. The SMILES string of the molecule is OCCN(Cl)Cc1ccccc1. The van der Waals surface area contributed by atoms with Crippen molar-refractivity contribution in [2.24, 2.45) is 0 Å². The molecule has 0 radical (unpaired) electrons. The second-order valence-electron chi connectivity index (χ2n) is 2.55. The topological polar surface area (TPSA) is 23.5 Å². The van der Waals surface area contributed by atoms with Crippen LogP contribution in [0.1, 0.15) is 5.56 Å². The molecule has 3 heteroatoms. The summed E-state index contributed by atoms with van der Waals surface area (Å²) in [6.45, 7) is 1.26. The van der Waals surface area contributed by atoms with Crippen LogP contribution in [0, 0.1) is 0 Å². The fraction of sp³-hybridized carbons (Fsp3) is 0.333. The van der Waals surface area contributed by atoms with Gasteiger partial charge in [-0.2, -0.15) is 0 Å². The molecule has 66 valence electrons. The average molecular weight is 186 g/mol. The lowest BCUT2D eigenvalue weighted by atomic mass is 10.2. The highest BCUT2D eigenvalue weighted by Crippen LogP contribution is 2.05. The largest absolute Gasteiger partial charge is 0.395 e. The first-order chi connectivity index (χ1) is 5.83. The summed E-state index contributed by atoms with van der Waals surface area (Å²) in [5, 5.41) is 8.59. The Morgan fingerprint density at radius 1 is 1.25 bits per heavy atom. The van der Waals surface area contributed by atoms with E-state index in [1.807, 2.05) is 30.3 Å². The number of rotatable bonds is 4. The van der Waals surface area contributed by atoms with E-state index in [1.54, 1.807) is 4.42 Å². The van der Waals surface area contributed by atoms with Crippen LogP contribution in [0.5, 0.6) is 0 Å². The fourth-order valence-electron chi connectivity index (χ4n) is 0.969. The van der Waals surface area contributed by atoms with Crippen molar-refractivity contribution in [3.8, 4) is 0 Å². The van der Waals surface area contributed by atoms with Crippen molar-refractivity contribution in [1.29, 1.82) is 0 Å². The molecular formula is C9H12ClNO. The summed E-state index contributed by atoms with van der Waals surface area (Å²) < 4.78 is 1.56. The summed E-state index contributed by atoms with van der Waals surface area (Å²) in [4.78, 5) is 0. The van der Waals surface area contributed by atoms with Crippen LogP contribution >= 0.6 is 11.8 Å².